The monoisotopic (exact) mass is 210 g/mol. The van der Waals surface area contributed by atoms with Gasteiger partial charge < -0.3 is 5.73 Å². The smallest absolute Gasteiger partial charge is 0.0255 e. The lowest BCUT2D eigenvalue weighted by Gasteiger charge is -2.45. The van der Waals surface area contributed by atoms with Crippen molar-refractivity contribution in [3.05, 3.63) is 0 Å². The SMILES string of the molecule is CC1CCCN1C1CC(C)(C)CCC1N. The molecule has 88 valence electrons. The average molecular weight is 210 g/mol. The van der Waals surface area contributed by atoms with Gasteiger partial charge in [-0.25, -0.2) is 0 Å². The molecule has 0 aromatic carbocycles. The van der Waals surface area contributed by atoms with E-state index in [4.69, 9.17) is 5.73 Å². The van der Waals surface area contributed by atoms with E-state index < -0.39 is 0 Å². The Labute approximate surface area is 94.2 Å². The molecule has 2 aliphatic rings. The third kappa shape index (κ3) is 2.36. The highest BCUT2D eigenvalue weighted by atomic mass is 15.2. The second kappa shape index (κ2) is 4.06. The predicted octanol–water partition coefficient (Wildman–Crippen LogP) is 2.38. The van der Waals surface area contributed by atoms with E-state index >= 15 is 0 Å². The van der Waals surface area contributed by atoms with Gasteiger partial charge in [-0.3, -0.25) is 4.90 Å². The summed E-state index contributed by atoms with van der Waals surface area (Å²) in [6, 6.07) is 1.82. The third-order valence-electron chi connectivity index (χ3n) is 4.44. The molecule has 0 radical (unpaired) electrons. The van der Waals surface area contributed by atoms with Gasteiger partial charge in [0.2, 0.25) is 0 Å². The molecule has 1 heterocycles. The zero-order chi connectivity index (χ0) is 11.1. The summed E-state index contributed by atoms with van der Waals surface area (Å²) in [6.07, 6.45) is 6.53. The fourth-order valence-electron chi connectivity index (χ4n) is 3.38. The van der Waals surface area contributed by atoms with Crippen molar-refractivity contribution in [2.24, 2.45) is 11.1 Å². The number of nitrogens with zero attached hydrogens (tertiary/aromatic N) is 1. The molecule has 2 rings (SSSR count). The first-order chi connectivity index (χ1) is 6.99. The van der Waals surface area contributed by atoms with Crippen LogP contribution in [0.1, 0.15) is 52.9 Å². The van der Waals surface area contributed by atoms with Crippen molar-refractivity contribution < 1.29 is 0 Å². The van der Waals surface area contributed by atoms with E-state index in [1.54, 1.807) is 0 Å². The molecule has 3 atom stereocenters. The molecule has 1 saturated heterocycles. The molecule has 0 spiro atoms. The van der Waals surface area contributed by atoms with E-state index in [2.05, 4.69) is 25.7 Å². The lowest BCUT2D eigenvalue weighted by molar-refractivity contribution is 0.0736. The summed E-state index contributed by atoms with van der Waals surface area (Å²) in [5.74, 6) is 0. The van der Waals surface area contributed by atoms with Gasteiger partial charge in [0.05, 0.1) is 0 Å². The van der Waals surface area contributed by atoms with Crippen molar-refractivity contribution in [3.8, 4) is 0 Å². The van der Waals surface area contributed by atoms with E-state index in [-0.39, 0.29) is 0 Å². The van der Waals surface area contributed by atoms with E-state index in [1.165, 1.54) is 38.6 Å². The highest BCUT2D eigenvalue weighted by Crippen LogP contribution is 2.38. The summed E-state index contributed by atoms with van der Waals surface area (Å²) in [4.78, 5) is 2.67. The van der Waals surface area contributed by atoms with Crippen LogP contribution >= 0.6 is 0 Å². The van der Waals surface area contributed by atoms with Crippen molar-refractivity contribution in [1.82, 2.24) is 4.90 Å². The summed E-state index contributed by atoms with van der Waals surface area (Å²) in [7, 11) is 0. The van der Waals surface area contributed by atoms with Gasteiger partial charge in [0.15, 0.2) is 0 Å². The molecular weight excluding hydrogens is 184 g/mol. The van der Waals surface area contributed by atoms with Gasteiger partial charge in [-0.05, 0) is 51.0 Å². The topological polar surface area (TPSA) is 29.3 Å². The molecule has 0 amide bonds. The van der Waals surface area contributed by atoms with E-state index in [1.807, 2.05) is 0 Å². The quantitative estimate of drug-likeness (QED) is 0.720. The summed E-state index contributed by atoms with van der Waals surface area (Å²) >= 11 is 0. The largest absolute Gasteiger partial charge is 0.326 e. The van der Waals surface area contributed by atoms with Crippen LogP contribution in [-0.4, -0.2) is 29.6 Å². The minimum absolute atomic E-state index is 0.415. The van der Waals surface area contributed by atoms with Crippen molar-refractivity contribution in [2.75, 3.05) is 6.54 Å². The van der Waals surface area contributed by atoms with Crippen LogP contribution in [0.4, 0.5) is 0 Å². The van der Waals surface area contributed by atoms with Gasteiger partial charge in [-0.15, -0.1) is 0 Å². The summed E-state index contributed by atoms with van der Waals surface area (Å²) in [6.45, 7) is 8.43. The molecule has 15 heavy (non-hydrogen) atoms. The molecule has 1 aliphatic carbocycles. The molecule has 1 saturated carbocycles. The molecule has 0 aromatic rings. The van der Waals surface area contributed by atoms with E-state index in [9.17, 15) is 0 Å². The van der Waals surface area contributed by atoms with Crippen molar-refractivity contribution >= 4 is 0 Å². The van der Waals surface area contributed by atoms with E-state index in [0.29, 0.717) is 17.5 Å². The normalized spacial score (nSPS) is 42.0. The Morgan fingerprint density at radius 3 is 2.60 bits per heavy atom. The molecule has 2 N–H and O–H groups in total. The molecule has 2 heteroatoms. The van der Waals surface area contributed by atoms with Crippen LogP contribution < -0.4 is 5.73 Å². The maximum Gasteiger partial charge on any atom is 0.0255 e. The zero-order valence-electron chi connectivity index (χ0n) is 10.5. The highest BCUT2D eigenvalue weighted by Gasteiger charge is 2.38. The number of hydrogen-bond acceptors (Lipinski definition) is 2. The average Bonchev–Trinajstić information content (AvgIpc) is 2.56. The Hall–Kier alpha value is -0.0800. The van der Waals surface area contributed by atoms with Crippen LogP contribution in [0.5, 0.6) is 0 Å². The van der Waals surface area contributed by atoms with Crippen LogP contribution in [0.15, 0.2) is 0 Å². The van der Waals surface area contributed by atoms with Crippen molar-refractivity contribution in [2.45, 2.75) is 71.0 Å². The highest BCUT2D eigenvalue weighted by molar-refractivity contribution is 4.95. The predicted molar refractivity (Wildman–Crippen MR) is 64.8 cm³/mol. The van der Waals surface area contributed by atoms with Gasteiger partial charge >= 0.3 is 0 Å². The lowest BCUT2D eigenvalue weighted by Crippen LogP contribution is -2.53. The summed E-state index contributed by atoms with van der Waals surface area (Å²) in [5, 5.41) is 0. The molecule has 2 fully saturated rings. The first-order valence-electron chi connectivity index (χ1n) is 6.51. The first-order valence-corrected chi connectivity index (χ1v) is 6.51. The Morgan fingerprint density at radius 2 is 2.00 bits per heavy atom. The van der Waals surface area contributed by atoms with Crippen molar-refractivity contribution in [3.63, 3.8) is 0 Å². The van der Waals surface area contributed by atoms with Crippen LogP contribution in [0.2, 0.25) is 0 Å². The number of hydrogen-bond donors (Lipinski definition) is 1. The summed E-state index contributed by atoms with van der Waals surface area (Å²) < 4.78 is 0. The van der Waals surface area contributed by atoms with Crippen LogP contribution in [0.3, 0.4) is 0 Å². The Balaban J connectivity index is 2.05. The van der Waals surface area contributed by atoms with Crippen LogP contribution in [-0.2, 0) is 0 Å². The number of likely N-dealkylation sites (tertiary alicyclic amines) is 1. The first kappa shape index (κ1) is 11.4. The molecule has 2 nitrogen and oxygen atoms in total. The Kier molecular flexibility index (Phi) is 3.09. The Morgan fingerprint density at radius 1 is 1.27 bits per heavy atom. The minimum atomic E-state index is 0.415. The van der Waals surface area contributed by atoms with Crippen molar-refractivity contribution in [1.29, 1.82) is 0 Å². The molecular formula is C13H26N2. The second-order valence-electron chi connectivity index (χ2n) is 6.37. The van der Waals surface area contributed by atoms with Gasteiger partial charge in [0.25, 0.3) is 0 Å². The van der Waals surface area contributed by atoms with Gasteiger partial charge in [0, 0.05) is 18.1 Å². The van der Waals surface area contributed by atoms with Gasteiger partial charge in [0.1, 0.15) is 0 Å². The standard InChI is InChI=1S/C13H26N2/c1-10-5-4-8-15(10)12-9-13(2,3)7-6-11(12)14/h10-12H,4-9,14H2,1-3H3. The summed E-state index contributed by atoms with van der Waals surface area (Å²) in [5.41, 5.74) is 6.80. The second-order valence-corrected chi connectivity index (χ2v) is 6.37. The van der Waals surface area contributed by atoms with Gasteiger partial charge in [-0.2, -0.15) is 0 Å². The molecule has 3 unspecified atom stereocenters. The Bertz CT molecular complexity index is 225. The minimum Gasteiger partial charge on any atom is -0.326 e. The lowest BCUT2D eigenvalue weighted by atomic mass is 9.72. The molecule has 0 bridgehead atoms. The third-order valence-corrected chi connectivity index (χ3v) is 4.44. The maximum atomic E-state index is 6.30. The van der Waals surface area contributed by atoms with Gasteiger partial charge in [-0.1, -0.05) is 13.8 Å². The van der Waals surface area contributed by atoms with Crippen LogP contribution in [0, 0.1) is 5.41 Å². The zero-order valence-corrected chi connectivity index (χ0v) is 10.5. The maximum absolute atomic E-state index is 6.30. The fourth-order valence-corrected chi connectivity index (χ4v) is 3.38. The fraction of sp³-hybridized carbons (Fsp3) is 1.00. The van der Waals surface area contributed by atoms with Crippen LogP contribution in [0.25, 0.3) is 0 Å². The molecule has 1 aliphatic heterocycles. The van der Waals surface area contributed by atoms with E-state index in [0.717, 1.165) is 6.04 Å². The molecule has 0 aromatic heterocycles. The number of nitrogens with two attached hydrogens (primary N) is 1. The number of rotatable bonds is 1.